The number of carbonyl (C=O) groups excluding carboxylic acids is 1. The third-order valence-electron chi connectivity index (χ3n) is 0.814. The summed E-state index contributed by atoms with van der Waals surface area (Å²) in [6.07, 6.45) is 0. The summed E-state index contributed by atoms with van der Waals surface area (Å²) in [5.74, 6) is 0. The van der Waals surface area contributed by atoms with E-state index in [1.807, 2.05) is 0 Å². The largest absolute Gasteiger partial charge is 0.364 e. The second-order valence-electron chi connectivity index (χ2n) is 3.71. The molecule has 4 nitrogen and oxygen atoms in total. The number of hydrazine groups is 1. The lowest BCUT2D eigenvalue weighted by molar-refractivity contribution is 0.217. The van der Waals surface area contributed by atoms with Crippen molar-refractivity contribution in [2.24, 2.45) is 0 Å². The average molecular weight is 175 g/mol. The predicted molar refractivity (Wildman–Crippen MR) is 48.7 cm³/mol. The van der Waals surface area contributed by atoms with Crippen molar-refractivity contribution >= 4 is 14.3 Å². The van der Waals surface area contributed by atoms with Crippen LogP contribution in [0.25, 0.3) is 0 Å². The third-order valence-corrected chi connectivity index (χ3v) is 1.79. The zero-order valence-electron chi connectivity index (χ0n) is 7.86. The molecule has 0 saturated heterocycles. The van der Waals surface area contributed by atoms with Crippen LogP contribution in [0.3, 0.4) is 0 Å². The maximum atomic E-state index is 11.0. The first kappa shape index (κ1) is 10.4. The van der Waals surface area contributed by atoms with Crippen molar-refractivity contribution in [2.75, 3.05) is 14.1 Å². The Balaban J connectivity index is 3.71. The minimum atomic E-state index is -1.48. The molecular weight excluding hydrogens is 158 g/mol. The van der Waals surface area contributed by atoms with Crippen LogP contribution in [0.4, 0.5) is 4.79 Å². The molecule has 2 amide bonds. The Hall–Kier alpha value is -0.553. The van der Waals surface area contributed by atoms with Crippen LogP contribution in [0.2, 0.25) is 19.6 Å². The Kier molecular flexibility index (Phi) is 3.54. The number of urea groups is 1. The van der Waals surface area contributed by atoms with Gasteiger partial charge in [-0.1, -0.05) is 19.6 Å². The molecular formula is C6H17N3OSi. The van der Waals surface area contributed by atoms with Crippen LogP contribution in [-0.4, -0.2) is 33.4 Å². The minimum Gasteiger partial charge on any atom is -0.364 e. The van der Waals surface area contributed by atoms with Crippen molar-refractivity contribution in [1.82, 2.24) is 15.4 Å². The Morgan fingerprint density at radius 1 is 1.27 bits per heavy atom. The van der Waals surface area contributed by atoms with Gasteiger partial charge in [0.25, 0.3) is 0 Å². The highest BCUT2D eigenvalue weighted by molar-refractivity contribution is 6.75. The van der Waals surface area contributed by atoms with E-state index in [4.69, 9.17) is 0 Å². The molecule has 2 N–H and O–H groups in total. The molecule has 0 aromatic carbocycles. The van der Waals surface area contributed by atoms with Crippen LogP contribution in [0.1, 0.15) is 0 Å². The summed E-state index contributed by atoms with van der Waals surface area (Å²) >= 11 is 0. The summed E-state index contributed by atoms with van der Waals surface area (Å²) in [5, 5.41) is 1.62. The lowest BCUT2D eigenvalue weighted by atomic mass is 11.0. The van der Waals surface area contributed by atoms with Crippen molar-refractivity contribution in [3.63, 3.8) is 0 Å². The van der Waals surface area contributed by atoms with Crippen LogP contribution in [0.15, 0.2) is 0 Å². The Morgan fingerprint density at radius 3 is 2.00 bits per heavy atom. The fourth-order valence-corrected chi connectivity index (χ4v) is 1.31. The maximum absolute atomic E-state index is 11.0. The topological polar surface area (TPSA) is 44.4 Å². The van der Waals surface area contributed by atoms with Gasteiger partial charge in [-0.05, 0) is 0 Å². The SMILES string of the molecule is CN(C)NC(=O)N[Si](C)(C)C. The highest BCUT2D eigenvalue weighted by Gasteiger charge is 2.16. The van der Waals surface area contributed by atoms with Gasteiger partial charge < -0.3 is 4.98 Å². The summed E-state index contributed by atoms with van der Waals surface area (Å²) in [7, 11) is 2.09. The molecule has 0 radical (unpaired) electrons. The van der Waals surface area contributed by atoms with E-state index in [2.05, 4.69) is 30.0 Å². The first-order chi connectivity index (χ1) is 4.81. The van der Waals surface area contributed by atoms with Crippen LogP contribution >= 0.6 is 0 Å². The molecule has 0 bridgehead atoms. The first-order valence-electron chi connectivity index (χ1n) is 3.57. The molecule has 0 aromatic rings. The zero-order chi connectivity index (χ0) is 9.07. The quantitative estimate of drug-likeness (QED) is 0.477. The zero-order valence-corrected chi connectivity index (χ0v) is 8.86. The molecule has 0 aromatic heterocycles. The van der Waals surface area contributed by atoms with Gasteiger partial charge in [0.05, 0.1) is 0 Å². The highest BCUT2D eigenvalue weighted by Crippen LogP contribution is 1.92. The van der Waals surface area contributed by atoms with Gasteiger partial charge in [-0.15, -0.1) is 0 Å². The van der Waals surface area contributed by atoms with Crippen molar-refractivity contribution in [3.05, 3.63) is 0 Å². The normalized spacial score (nSPS) is 11.5. The van der Waals surface area contributed by atoms with Crippen LogP contribution in [0.5, 0.6) is 0 Å². The van der Waals surface area contributed by atoms with Gasteiger partial charge in [0, 0.05) is 14.1 Å². The number of hydrogen-bond donors (Lipinski definition) is 2. The van der Waals surface area contributed by atoms with Crippen molar-refractivity contribution < 1.29 is 4.79 Å². The number of carbonyl (C=O) groups is 1. The number of rotatable bonds is 2. The summed E-state index contributed by atoms with van der Waals surface area (Å²) < 4.78 is 0. The molecule has 0 unspecified atom stereocenters. The summed E-state index contributed by atoms with van der Waals surface area (Å²) in [4.78, 5) is 13.9. The van der Waals surface area contributed by atoms with E-state index in [1.54, 1.807) is 19.1 Å². The van der Waals surface area contributed by atoms with E-state index in [1.165, 1.54) is 0 Å². The van der Waals surface area contributed by atoms with Crippen molar-refractivity contribution in [2.45, 2.75) is 19.6 Å². The van der Waals surface area contributed by atoms with E-state index in [9.17, 15) is 4.79 Å². The molecule has 11 heavy (non-hydrogen) atoms. The fraction of sp³-hybridized carbons (Fsp3) is 0.833. The summed E-state index contributed by atoms with van der Waals surface area (Å²) in [5.41, 5.74) is 2.62. The van der Waals surface area contributed by atoms with E-state index >= 15 is 0 Å². The highest BCUT2D eigenvalue weighted by atomic mass is 28.3. The van der Waals surface area contributed by atoms with Crippen LogP contribution < -0.4 is 10.4 Å². The standard InChI is InChI=1S/C6H17N3OSi/c1-9(2)7-6(10)8-11(3,4)5/h1-5H3,(H2,7,8,10). The number of nitrogens with zero attached hydrogens (tertiary/aromatic N) is 1. The molecule has 0 aliphatic carbocycles. The molecule has 0 atom stereocenters. The van der Waals surface area contributed by atoms with Crippen molar-refractivity contribution in [3.8, 4) is 0 Å². The maximum Gasteiger partial charge on any atom is 0.321 e. The minimum absolute atomic E-state index is 0.117. The van der Waals surface area contributed by atoms with Gasteiger partial charge in [0.2, 0.25) is 0 Å². The first-order valence-corrected chi connectivity index (χ1v) is 7.07. The lowest BCUT2D eigenvalue weighted by Crippen LogP contribution is -2.53. The molecule has 0 aliphatic heterocycles. The molecule has 0 fully saturated rings. The Bertz CT molecular complexity index is 141. The van der Waals surface area contributed by atoms with Crippen molar-refractivity contribution in [1.29, 1.82) is 0 Å². The number of amides is 2. The molecule has 0 heterocycles. The smallest absolute Gasteiger partial charge is 0.321 e. The molecule has 5 heteroatoms. The van der Waals surface area contributed by atoms with E-state index < -0.39 is 8.24 Å². The Morgan fingerprint density at radius 2 is 1.73 bits per heavy atom. The van der Waals surface area contributed by atoms with Gasteiger partial charge in [0.1, 0.15) is 8.24 Å². The van der Waals surface area contributed by atoms with Crippen LogP contribution in [0, 0.1) is 0 Å². The average Bonchev–Trinajstić information content (AvgIpc) is 1.53. The predicted octanol–water partition coefficient (Wildman–Crippen LogP) is 0.597. The fourth-order valence-electron chi connectivity index (χ4n) is 0.572. The lowest BCUT2D eigenvalue weighted by Gasteiger charge is -2.20. The molecule has 0 aliphatic rings. The van der Waals surface area contributed by atoms with Gasteiger partial charge in [-0.25, -0.2) is 9.80 Å². The van der Waals surface area contributed by atoms with E-state index in [-0.39, 0.29) is 6.03 Å². The van der Waals surface area contributed by atoms with Gasteiger partial charge >= 0.3 is 6.03 Å². The monoisotopic (exact) mass is 175 g/mol. The van der Waals surface area contributed by atoms with E-state index in [0.717, 1.165) is 0 Å². The molecule has 0 spiro atoms. The third kappa shape index (κ3) is 7.34. The van der Waals surface area contributed by atoms with Crippen LogP contribution in [-0.2, 0) is 0 Å². The van der Waals surface area contributed by atoms with E-state index in [0.29, 0.717) is 0 Å². The van der Waals surface area contributed by atoms with Gasteiger partial charge in [-0.3, -0.25) is 5.43 Å². The summed E-state index contributed by atoms with van der Waals surface area (Å²) in [6.45, 7) is 6.22. The second kappa shape index (κ2) is 3.73. The van der Waals surface area contributed by atoms with Gasteiger partial charge in [-0.2, -0.15) is 0 Å². The summed E-state index contributed by atoms with van der Waals surface area (Å²) in [6, 6.07) is -0.117. The number of hydrogen-bond acceptors (Lipinski definition) is 2. The second-order valence-corrected chi connectivity index (χ2v) is 8.46. The molecule has 0 rings (SSSR count). The van der Waals surface area contributed by atoms with Gasteiger partial charge in [0.15, 0.2) is 0 Å². The Labute approximate surface area is 69.0 Å². The molecule has 66 valence electrons. The molecule has 0 saturated carbocycles. The number of nitrogens with one attached hydrogen (secondary N) is 2.